The summed E-state index contributed by atoms with van der Waals surface area (Å²) in [4.78, 5) is 13.0. The molecule has 0 saturated carbocycles. The van der Waals surface area contributed by atoms with Crippen molar-refractivity contribution < 1.29 is 13.2 Å². The molecule has 0 aromatic rings. The lowest BCUT2D eigenvalue weighted by Gasteiger charge is -2.25. The third-order valence-corrected chi connectivity index (χ3v) is 5.01. The van der Waals surface area contributed by atoms with Crippen LogP contribution in [0.2, 0.25) is 0 Å². The number of carbonyl (C=O) groups is 1. The lowest BCUT2D eigenvalue weighted by atomic mass is 10.1. The molecule has 0 aromatic carbocycles. The molecule has 1 heterocycles. The van der Waals surface area contributed by atoms with E-state index in [0.29, 0.717) is 32.5 Å². The van der Waals surface area contributed by atoms with Gasteiger partial charge in [0.05, 0.1) is 11.0 Å². The van der Waals surface area contributed by atoms with Crippen LogP contribution in [0.15, 0.2) is 0 Å². The fourth-order valence-corrected chi connectivity index (χ4v) is 2.50. The Labute approximate surface area is 91.6 Å². The van der Waals surface area contributed by atoms with Gasteiger partial charge < -0.3 is 4.90 Å². The highest BCUT2D eigenvalue weighted by Gasteiger charge is 2.20. The minimum atomic E-state index is -2.94. The molecule has 0 aromatic heterocycles. The zero-order valence-electron chi connectivity index (χ0n) is 9.40. The highest BCUT2D eigenvalue weighted by atomic mass is 32.2. The summed E-state index contributed by atoms with van der Waals surface area (Å²) in [6, 6.07) is 0. The molecule has 0 atom stereocenters. The van der Waals surface area contributed by atoms with Crippen molar-refractivity contribution in [3.05, 3.63) is 0 Å². The maximum atomic E-state index is 11.5. The molecule has 1 aliphatic heterocycles. The van der Waals surface area contributed by atoms with E-state index in [1.54, 1.807) is 13.8 Å². The van der Waals surface area contributed by atoms with Gasteiger partial charge in [-0.05, 0) is 13.8 Å². The van der Waals surface area contributed by atoms with Crippen molar-refractivity contribution >= 4 is 15.6 Å². The van der Waals surface area contributed by atoms with Gasteiger partial charge in [-0.3, -0.25) is 4.79 Å². The van der Waals surface area contributed by atoms with Crippen LogP contribution in [0.4, 0.5) is 0 Å². The minimum absolute atomic E-state index is 0.207. The molecule has 0 amide bonds. The molecule has 15 heavy (non-hydrogen) atoms. The Morgan fingerprint density at radius 2 is 1.80 bits per heavy atom. The first-order valence-corrected chi connectivity index (χ1v) is 7.09. The van der Waals surface area contributed by atoms with Gasteiger partial charge in [-0.15, -0.1) is 0 Å². The maximum absolute atomic E-state index is 11.5. The standard InChI is InChI=1S/C10H19NO3S/c1-9(2)15(13,14)8-7-11-5-3-10(12)4-6-11/h9H,3-8H2,1-2H3. The van der Waals surface area contributed by atoms with E-state index in [1.807, 2.05) is 0 Å². The fourth-order valence-electron chi connectivity index (χ4n) is 1.52. The second kappa shape index (κ2) is 5.07. The number of hydrogen-bond donors (Lipinski definition) is 0. The normalized spacial score (nSPS) is 19.8. The van der Waals surface area contributed by atoms with E-state index < -0.39 is 9.84 Å². The number of hydrogen-bond acceptors (Lipinski definition) is 4. The van der Waals surface area contributed by atoms with Gasteiger partial charge in [0, 0.05) is 32.5 Å². The zero-order chi connectivity index (χ0) is 11.5. The maximum Gasteiger partial charge on any atom is 0.153 e. The number of rotatable bonds is 4. The molecular formula is C10H19NO3S. The van der Waals surface area contributed by atoms with Crippen LogP contribution in [-0.2, 0) is 14.6 Å². The number of carbonyl (C=O) groups excluding carboxylic acids is 1. The molecule has 1 saturated heterocycles. The molecule has 5 heteroatoms. The van der Waals surface area contributed by atoms with Gasteiger partial charge in [-0.25, -0.2) is 8.42 Å². The minimum Gasteiger partial charge on any atom is -0.301 e. The Hall–Kier alpha value is -0.420. The first kappa shape index (κ1) is 12.6. The summed E-state index contributed by atoms with van der Waals surface area (Å²) in [6.45, 7) is 5.40. The predicted octanol–water partition coefficient (Wildman–Crippen LogP) is 0.475. The van der Waals surface area contributed by atoms with E-state index in [0.717, 1.165) is 0 Å². The lowest BCUT2D eigenvalue weighted by Crippen LogP contribution is -2.37. The van der Waals surface area contributed by atoms with Gasteiger partial charge in [0.1, 0.15) is 5.78 Å². The van der Waals surface area contributed by atoms with Gasteiger partial charge >= 0.3 is 0 Å². The molecule has 1 rings (SSSR count). The van der Waals surface area contributed by atoms with Crippen molar-refractivity contribution in [1.82, 2.24) is 4.90 Å². The highest BCUT2D eigenvalue weighted by molar-refractivity contribution is 7.92. The molecule has 4 nitrogen and oxygen atoms in total. The van der Waals surface area contributed by atoms with Crippen molar-refractivity contribution in [3.8, 4) is 0 Å². The average Bonchev–Trinajstić information content (AvgIpc) is 2.17. The van der Waals surface area contributed by atoms with Gasteiger partial charge in [0.25, 0.3) is 0 Å². The summed E-state index contributed by atoms with van der Waals surface area (Å²) in [5.41, 5.74) is 0. The van der Waals surface area contributed by atoms with Gasteiger partial charge in [0.2, 0.25) is 0 Å². The van der Waals surface area contributed by atoms with Crippen molar-refractivity contribution in [2.24, 2.45) is 0 Å². The highest BCUT2D eigenvalue weighted by Crippen LogP contribution is 2.07. The van der Waals surface area contributed by atoms with Crippen LogP contribution < -0.4 is 0 Å². The van der Waals surface area contributed by atoms with Crippen LogP contribution in [0.25, 0.3) is 0 Å². The SMILES string of the molecule is CC(C)S(=O)(=O)CCN1CCC(=O)CC1. The lowest BCUT2D eigenvalue weighted by molar-refractivity contribution is -0.121. The first-order valence-electron chi connectivity index (χ1n) is 5.37. The number of ketones is 1. The van der Waals surface area contributed by atoms with E-state index >= 15 is 0 Å². The smallest absolute Gasteiger partial charge is 0.153 e. The molecule has 1 aliphatic rings. The van der Waals surface area contributed by atoms with E-state index in [-0.39, 0.29) is 16.8 Å². The van der Waals surface area contributed by atoms with Crippen molar-refractivity contribution in [3.63, 3.8) is 0 Å². The molecule has 0 bridgehead atoms. The van der Waals surface area contributed by atoms with Crippen LogP contribution in [0, 0.1) is 0 Å². The van der Waals surface area contributed by atoms with E-state index in [4.69, 9.17) is 0 Å². The quantitative estimate of drug-likeness (QED) is 0.708. The number of sulfone groups is 1. The van der Waals surface area contributed by atoms with E-state index in [9.17, 15) is 13.2 Å². The van der Waals surface area contributed by atoms with E-state index in [1.165, 1.54) is 0 Å². The molecule has 0 radical (unpaired) electrons. The van der Waals surface area contributed by atoms with E-state index in [2.05, 4.69) is 4.90 Å². The second-order valence-corrected chi connectivity index (χ2v) is 6.97. The molecule has 0 aliphatic carbocycles. The van der Waals surface area contributed by atoms with Crippen molar-refractivity contribution in [1.29, 1.82) is 0 Å². The molecule has 1 fully saturated rings. The Bertz CT molecular complexity index is 312. The third kappa shape index (κ3) is 3.91. The van der Waals surface area contributed by atoms with Crippen molar-refractivity contribution in [2.45, 2.75) is 31.9 Å². The largest absolute Gasteiger partial charge is 0.301 e. The predicted molar refractivity (Wildman–Crippen MR) is 59.6 cm³/mol. The summed E-state index contributed by atoms with van der Waals surface area (Å²) in [6.07, 6.45) is 1.14. The average molecular weight is 233 g/mol. The number of Topliss-reactive ketones (excluding diaryl/α,β-unsaturated/α-hetero) is 1. The zero-order valence-corrected chi connectivity index (χ0v) is 10.2. The molecule has 0 unspecified atom stereocenters. The number of nitrogens with zero attached hydrogens (tertiary/aromatic N) is 1. The molecule has 88 valence electrons. The Morgan fingerprint density at radius 1 is 1.27 bits per heavy atom. The van der Waals surface area contributed by atoms with Crippen LogP contribution in [0.5, 0.6) is 0 Å². The second-order valence-electron chi connectivity index (χ2n) is 4.30. The molecular weight excluding hydrogens is 214 g/mol. The summed E-state index contributed by atoms with van der Waals surface area (Å²) < 4.78 is 23.1. The van der Waals surface area contributed by atoms with Gasteiger partial charge in [-0.1, -0.05) is 0 Å². The van der Waals surface area contributed by atoms with Crippen LogP contribution in [-0.4, -0.2) is 49.7 Å². The monoisotopic (exact) mass is 233 g/mol. The first-order chi connectivity index (χ1) is 6.92. The van der Waals surface area contributed by atoms with Crippen molar-refractivity contribution in [2.75, 3.05) is 25.4 Å². The van der Waals surface area contributed by atoms with Crippen LogP contribution in [0.3, 0.4) is 0 Å². The third-order valence-electron chi connectivity index (χ3n) is 2.82. The topological polar surface area (TPSA) is 54.5 Å². The Balaban J connectivity index is 2.35. The number of likely N-dealkylation sites (tertiary alicyclic amines) is 1. The summed E-state index contributed by atoms with van der Waals surface area (Å²) in [7, 11) is -2.94. The summed E-state index contributed by atoms with van der Waals surface area (Å²) in [5.74, 6) is 0.497. The molecule has 0 spiro atoms. The number of piperidine rings is 1. The Morgan fingerprint density at radius 3 is 2.27 bits per heavy atom. The summed E-state index contributed by atoms with van der Waals surface area (Å²) in [5, 5.41) is -0.302. The Kier molecular flexibility index (Phi) is 4.28. The van der Waals surface area contributed by atoms with Gasteiger partial charge in [-0.2, -0.15) is 0 Å². The fraction of sp³-hybridized carbons (Fsp3) is 0.900. The van der Waals surface area contributed by atoms with Crippen LogP contribution >= 0.6 is 0 Å². The van der Waals surface area contributed by atoms with Gasteiger partial charge in [0.15, 0.2) is 9.84 Å². The summed E-state index contributed by atoms with van der Waals surface area (Å²) >= 11 is 0. The molecule has 0 N–H and O–H groups in total. The van der Waals surface area contributed by atoms with Crippen LogP contribution in [0.1, 0.15) is 26.7 Å².